The molecule has 1 aromatic rings. The predicted octanol–water partition coefficient (Wildman–Crippen LogP) is 0.427. The van der Waals surface area contributed by atoms with Crippen molar-refractivity contribution < 1.29 is 27.5 Å². The number of nitrogens with two attached hydrogens (primary N) is 1. The van der Waals surface area contributed by atoms with Gasteiger partial charge in [0.15, 0.2) is 0 Å². The van der Waals surface area contributed by atoms with Crippen molar-refractivity contribution >= 4 is 45.1 Å². The minimum Gasteiger partial charge on any atom is -0.465 e. The number of hydrogen-bond acceptors (Lipinski definition) is 6. The summed E-state index contributed by atoms with van der Waals surface area (Å²) in [5.74, 6) is -1.95. The Balaban J connectivity index is 2.75. The summed E-state index contributed by atoms with van der Waals surface area (Å²) >= 11 is 5.97. The molecule has 1 aliphatic heterocycles. The van der Waals surface area contributed by atoms with Crippen molar-refractivity contribution in [2.24, 2.45) is 5.14 Å². The van der Waals surface area contributed by atoms with Gasteiger partial charge in [-0.25, -0.2) is 23.3 Å². The first-order chi connectivity index (χ1) is 10.2. The zero-order valence-electron chi connectivity index (χ0n) is 11.3. The molecule has 2 rings (SSSR count). The summed E-state index contributed by atoms with van der Waals surface area (Å²) in [5, 5.41) is 4.65. The molecule has 1 aromatic carbocycles. The van der Waals surface area contributed by atoms with Gasteiger partial charge in [-0.05, 0) is 12.1 Å². The zero-order chi connectivity index (χ0) is 16.7. The summed E-state index contributed by atoms with van der Waals surface area (Å²) in [4.78, 5) is 35.4. The zero-order valence-corrected chi connectivity index (χ0v) is 12.9. The number of esters is 1. The number of anilines is 1. The van der Waals surface area contributed by atoms with Crippen LogP contribution < -0.4 is 10.0 Å². The van der Waals surface area contributed by atoms with Gasteiger partial charge in [0.1, 0.15) is 4.90 Å². The maximum absolute atomic E-state index is 11.8. The lowest BCUT2D eigenvalue weighted by atomic mass is 10.2. The Hall–Kier alpha value is -1.97. The Kier molecular flexibility index (Phi) is 4.23. The smallest absolute Gasteiger partial charge is 0.337 e. The van der Waals surface area contributed by atoms with Crippen LogP contribution in [0.5, 0.6) is 0 Å². The third-order valence-corrected chi connectivity index (χ3v) is 4.48. The van der Waals surface area contributed by atoms with Crippen LogP contribution in [-0.2, 0) is 24.3 Å². The number of rotatable bonds is 3. The van der Waals surface area contributed by atoms with Crippen LogP contribution in [0, 0.1) is 0 Å². The third kappa shape index (κ3) is 2.82. The number of halogens is 1. The number of imide groups is 1. The average molecular weight is 347 g/mol. The summed E-state index contributed by atoms with van der Waals surface area (Å²) in [6.45, 7) is 0. The molecule has 0 bridgehead atoms. The lowest BCUT2D eigenvalue weighted by Gasteiger charge is -2.18. The Labute approximate surface area is 130 Å². The molecule has 0 radical (unpaired) electrons. The number of nitrogens with zero attached hydrogens (tertiary/aromatic N) is 1. The van der Waals surface area contributed by atoms with Gasteiger partial charge in [-0.15, -0.1) is 0 Å². The van der Waals surface area contributed by atoms with E-state index in [2.05, 4.69) is 4.74 Å². The Morgan fingerprint density at radius 1 is 1.27 bits per heavy atom. The van der Waals surface area contributed by atoms with Gasteiger partial charge in [-0.1, -0.05) is 11.6 Å². The first kappa shape index (κ1) is 16.4. The van der Waals surface area contributed by atoms with Crippen LogP contribution in [0.15, 0.2) is 17.0 Å². The Morgan fingerprint density at radius 2 is 1.82 bits per heavy atom. The second-order valence-corrected chi connectivity index (χ2v) is 6.37. The van der Waals surface area contributed by atoms with Crippen LogP contribution in [0.1, 0.15) is 23.2 Å². The summed E-state index contributed by atoms with van der Waals surface area (Å²) in [5.41, 5.74) is -0.403. The van der Waals surface area contributed by atoms with Crippen molar-refractivity contribution in [1.29, 1.82) is 0 Å². The van der Waals surface area contributed by atoms with E-state index in [0.29, 0.717) is 0 Å². The molecule has 1 saturated heterocycles. The fourth-order valence-corrected chi connectivity index (χ4v) is 3.20. The molecule has 1 heterocycles. The van der Waals surface area contributed by atoms with Crippen LogP contribution >= 0.6 is 11.6 Å². The van der Waals surface area contributed by atoms with E-state index in [9.17, 15) is 22.8 Å². The van der Waals surface area contributed by atoms with Gasteiger partial charge in [0.05, 0.1) is 23.4 Å². The van der Waals surface area contributed by atoms with E-state index in [1.54, 1.807) is 0 Å². The summed E-state index contributed by atoms with van der Waals surface area (Å²) in [7, 11) is -3.18. The number of sulfonamides is 1. The number of carbonyl (C=O) groups is 3. The van der Waals surface area contributed by atoms with Gasteiger partial charge < -0.3 is 4.74 Å². The molecule has 2 N–H and O–H groups in total. The summed E-state index contributed by atoms with van der Waals surface area (Å²) in [6, 6.07) is 2.04. The standard InChI is InChI=1S/C12H11ClN2O6S/c1-21-12(18)6-4-7(15-9(16)2-3-10(15)17)11(13)8(5-6)22(14,19)20/h4-5H,2-3H2,1H3,(H2,14,19,20). The van der Waals surface area contributed by atoms with E-state index in [1.165, 1.54) is 0 Å². The average Bonchev–Trinajstić information content (AvgIpc) is 2.76. The molecule has 0 spiro atoms. The van der Waals surface area contributed by atoms with Gasteiger partial charge in [0.25, 0.3) is 0 Å². The van der Waals surface area contributed by atoms with Crippen molar-refractivity contribution in [1.82, 2.24) is 0 Å². The van der Waals surface area contributed by atoms with Crippen LogP contribution in [0.2, 0.25) is 5.02 Å². The molecule has 0 aliphatic carbocycles. The van der Waals surface area contributed by atoms with Crippen LogP contribution in [0.25, 0.3) is 0 Å². The summed E-state index contributed by atoms with van der Waals surface area (Å²) < 4.78 is 27.7. The van der Waals surface area contributed by atoms with Gasteiger partial charge in [-0.3, -0.25) is 9.59 Å². The molecule has 10 heteroatoms. The quantitative estimate of drug-likeness (QED) is 0.625. The van der Waals surface area contributed by atoms with Gasteiger partial charge in [0, 0.05) is 12.8 Å². The molecule has 2 amide bonds. The van der Waals surface area contributed by atoms with Gasteiger partial charge in [0.2, 0.25) is 21.8 Å². The molecule has 1 fully saturated rings. The van der Waals surface area contributed by atoms with E-state index in [-0.39, 0.29) is 24.1 Å². The number of benzene rings is 1. The highest BCUT2D eigenvalue weighted by molar-refractivity contribution is 7.89. The molecule has 0 unspecified atom stereocenters. The minimum atomic E-state index is -4.27. The Morgan fingerprint density at radius 3 is 2.27 bits per heavy atom. The highest BCUT2D eigenvalue weighted by atomic mass is 35.5. The van der Waals surface area contributed by atoms with Crippen LogP contribution in [0.4, 0.5) is 5.69 Å². The molecule has 0 saturated carbocycles. The maximum atomic E-state index is 11.8. The van der Waals surface area contributed by atoms with Crippen molar-refractivity contribution in [3.63, 3.8) is 0 Å². The largest absolute Gasteiger partial charge is 0.465 e. The van der Waals surface area contributed by atoms with Crippen molar-refractivity contribution in [2.45, 2.75) is 17.7 Å². The first-order valence-corrected chi connectivity index (χ1v) is 7.89. The van der Waals surface area contributed by atoms with E-state index < -0.39 is 37.7 Å². The first-order valence-electron chi connectivity index (χ1n) is 5.97. The maximum Gasteiger partial charge on any atom is 0.337 e. The fourth-order valence-electron chi connectivity index (χ4n) is 2.03. The van der Waals surface area contributed by atoms with E-state index in [1.807, 2.05) is 0 Å². The molecule has 1 aliphatic rings. The van der Waals surface area contributed by atoms with E-state index in [0.717, 1.165) is 24.1 Å². The number of primary sulfonamides is 1. The number of carbonyl (C=O) groups excluding carboxylic acids is 3. The van der Waals surface area contributed by atoms with Crippen molar-refractivity contribution in [2.75, 3.05) is 12.0 Å². The molecule has 0 atom stereocenters. The second-order valence-electron chi connectivity index (χ2n) is 4.47. The minimum absolute atomic E-state index is 0.0255. The lowest BCUT2D eigenvalue weighted by Crippen LogP contribution is -2.30. The fraction of sp³-hybridized carbons (Fsp3) is 0.250. The third-order valence-electron chi connectivity index (χ3n) is 3.04. The number of ether oxygens (including phenoxy) is 1. The van der Waals surface area contributed by atoms with E-state index in [4.69, 9.17) is 16.7 Å². The van der Waals surface area contributed by atoms with Crippen molar-refractivity contribution in [3.8, 4) is 0 Å². The van der Waals surface area contributed by atoms with Crippen LogP contribution in [-0.4, -0.2) is 33.3 Å². The topological polar surface area (TPSA) is 124 Å². The van der Waals surface area contributed by atoms with Crippen molar-refractivity contribution in [3.05, 3.63) is 22.7 Å². The predicted molar refractivity (Wildman–Crippen MR) is 75.9 cm³/mol. The summed E-state index contributed by atoms with van der Waals surface area (Å²) in [6.07, 6.45) is -0.0509. The molecule has 0 aromatic heterocycles. The normalized spacial score (nSPS) is 15.3. The van der Waals surface area contributed by atoms with E-state index >= 15 is 0 Å². The molecule has 118 valence electrons. The van der Waals surface area contributed by atoms with Gasteiger partial charge >= 0.3 is 5.97 Å². The molecule has 8 nitrogen and oxygen atoms in total. The highest BCUT2D eigenvalue weighted by Crippen LogP contribution is 2.36. The number of amides is 2. The van der Waals surface area contributed by atoms with Gasteiger partial charge in [-0.2, -0.15) is 0 Å². The Bertz CT molecular complexity index is 773. The van der Waals surface area contributed by atoms with Crippen LogP contribution in [0.3, 0.4) is 0 Å². The monoisotopic (exact) mass is 346 g/mol. The number of methoxy groups -OCH3 is 1. The lowest BCUT2D eigenvalue weighted by molar-refractivity contribution is -0.121. The second kappa shape index (κ2) is 5.67. The SMILES string of the molecule is COC(=O)c1cc(N2C(=O)CCC2=O)c(Cl)c(S(N)(=O)=O)c1. The molecule has 22 heavy (non-hydrogen) atoms. The molecular weight excluding hydrogens is 336 g/mol. The molecular formula is C12H11ClN2O6S. The highest BCUT2D eigenvalue weighted by Gasteiger charge is 2.34. The number of hydrogen-bond donors (Lipinski definition) is 1.